The molecule has 2 N–H and O–H groups in total. The van der Waals surface area contributed by atoms with Crippen molar-refractivity contribution >= 4 is 22.9 Å². The van der Waals surface area contributed by atoms with Crippen LogP contribution in [-0.2, 0) is 6.42 Å². The molecule has 2 nitrogen and oxygen atoms in total. The molecule has 1 atom stereocenters. The second-order valence-corrected chi connectivity index (χ2v) is 7.18. The number of halogens is 1. The molecule has 2 aliphatic rings. The number of hydrogen-bond acceptors (Lipinski definition) is 3. The van der Waals surface area contributed by atoms with E-state index in [4.69, 9.17) is 11.6 Å². The zero-order valence-corrected chi connectivity index (χ0v) is 11.4. The SMILES string of the molecule is OCC1(CNC2CCCc3sc(Cl)cc32)CC1. The quantitative estimate of drug-likeness (QED) is 0.882. The van der Waals surface area contributed by atoms with Crippen molar-refractivity contribution in [2.45, 2.75) is 38.1 Å². The summed E-state index contributed by atoms with van der Waals surface area (Å²) < 4.78 is 0.909. The van der Waals surface area contributed by atoms with E-state index < -0.39 is 0 Å². The number of hydrogen-bond donors (Lipinski definition) is 2. The van der Waals surface area contributed by atoms with Crippen LogP contribution in [0, 0.1) is 5.41 Å². The number of fused-ring (bicyclic) bond motifs is 1. The molecular formula is C13H18ClNOS. The van der Waals surface area contributed by atoms with E-state index in [1.807, 2.05) is 0 Å². The molecule has 1 aromatic heterocycles. The van der Waals surface area contributed by atoms with E-state index in [0.717, 1.165) is 10.9 Å². The zero-order valence-electron chi connectivity index (χ0n) is 9.84. The van der Waals surface area contributed by atoms with E-state index in [9.17, 15) is 5.11 Å². The highest BCUT2D eigenvalue weighted by Gasteiger charge is 2.42. The molecule has 1 aromatic rings. The topological polar surface area (TPSA) is 32.3 Å². The number of aliphatic hydroxyl groups excluding tert-OH is 1. The van der Waals surface area contributed by atoms with Crippen molar-refractivity contribution in [1.82, 2.24) is 5.32 Å². The van der Waals surface area contributed by atoms with Crippen LogP contribution in [0.2, 0.25) is 4.34 Å². The van der Waals surface area contributed by atoms with Crippen LogP contribution in [0.4, 0.5) is 0 Å². The van der Waals surface area contributed by atoms with Gasteiger partial charge in [0.25, 0.3) is 0 Å². The summed E-state index contributed by atoms with van der Waals surface area (Å²) in [6.45, 7) is 1.27. The monoisotopic (exact) mass is 271 g/mol. The number of rotatable bonds is 4. The fourth-order valence-corrected chi connectivity index (χ4v) is 4.02. The minimum Gasteiger partial charge on any atom is -0.396 e. The smallest absolute Gasteiger partial charge is 0.0934 e. The average molecular weight is 272 g/mol. The number of thiophene rings is 1. The van der Waals surface area contributed by atoms with Crippen molar-refractivity contribution in [3.05, 3.63) is 20.8 Å². The van der Waals surface area contributed by atoms with E-state index >= 15 is 0 Å². The molecule has 0 spiro atoms. The Kier molecular flexibility index (Phi) is 3.20. The van der Waals surface area contributed by atoms with Gasteiger partial charge in [0.1, 0.15) is 0 Å². The molecule has 4 heteroatoms. The second-order valence-electron chi connectivity index (χ2n) is 5.41. The summed E-state index contributed by atoms with van der Waals surface area (Å²) in [7, 11) is 0. The molecule has 0 saturated heterocycles. The Morgan fingerprint density at radius 3 is 3.06 bits per heavy atom. The van der Waals surface area contributed by atoms with Gasteiger partial charge in [-0.25, -0.2) is 0 Å². The van der Waals surface area contributed by atoms with Crippen LogP contribution in [0.1, 0.15) is 42.2 Å². The molecule has 94 valence electrons. The van der Waals surface area contributed by atoms with Crippen LogP contribution in [0.25, 0.3) is 0 Å². The van der Waals surface area contributed by atoms with Gasteiger partial charge >= 0.3 is 0 Å². The summed E-state index contributed by atoms with van der Waals surface area (Å²) in [5.41, 5.74) is 1.59. The number of aryl methyl sites for hydroxylation is 1. The molecule has 0 aliphatic heterocycles. The Morgan fingerprint density at radius 1 is 1.53 bits per heavy atom. The zero-order chi connectivity index (χ0) is 11.9. The molecule has 0 radical (unpaired) electrons. The lowest BCUT2D eigenvalue weighted by molar-refractivity contribution is 0.202. The molecular weight excluding hydrogens is 254 g/mol. The first-order chi connectivity index (χ1) is 8.22. The van der Waals surface area contributed by atoms with Gasteiger partial charge in [-0.15, -0.1) is 11.3 Å². The van der Waals surface area contributed by atoms with E-state index in [2.05, 4.69) is 11.4 Å². The Hall–Kier alpha value is -0.0900. The first-order valence-corrected chi connectivity index (χ1v) is 7.54. The summed E-state index contributed by atoms with van der Waals surface area (Å²) in [5, 5.41) is 13.0. The third kappa shape index (κ3) is 2.39. The predicted molar refractivity (Wildman–Crippen MR) is 71.8 cm³/mol. The Bertz CT molecular complexity index is 414. The fourth-order valence-electron chi connectivity index (χ4n) is 2.64. The normalized spacial score (nSPS) is 25.6. The minimum absolute atomic E-state index is 0.192. The molecule has 0 bridgehead atoms. The highest BCUT2D eigenvalue weighted by atomic mass is 35.5. The Morgan fingerprint density at radius 2 is 2.35 bits per heavy atom. The molecule has 1 saturated carbocycles. The Balaban J connectivity index is 1.68. The van der Waals surface area contributed by atoms with Crippen molar-refractivity contribution in [1.29, 1.82) is 0 Å². The third-order valence-corrected chi connectivity index (χ3v) is 5.44. The van der Waals surface area contributed by atoms with Crippen LogP contribution >= 0.6 is 22.9 Å². The van der Waals surface area contributed by atoms with Gasteiger partial charge in [0, 0.05) is 29.5 Å². The highest BCUT2D eigenvalue weighted by Crippen LogP contribution is 2.45. The van der Waals surface area contributed by atoms with Crippen molar-refractivity contribution < 1.29 is 5.11 Å². The minimum atomic E-state index is 0.192. The van der Waals surface area contributed by atoms with Crippen LogP contribution in [-0.4, -0.2) is 18.3 Å². The molecule has 0 aromatic carbocycles. The lowest BCUT2D eigenvalue weighted by atomic mass is 9.93. The largest absolute Gasteiger partial charge is 0.396 e. The van der Waals surface area contributed by atoms with Gasteiger partial charge in [0.05, 0.1) is 4.34 Å². The lowest BCUT2D eigenvalue weighted by Crippen LogP contribution is -2.31. The average Bonchev–Trinajstić information content (AvgIpc) is 3.01. The van der Waals surface area contributed by atoms with E-state index in [-0.39, 0.29) is 5.41 Å². The molecule has 17 heavy (non-hydrogen) atoms. The summed E-state index contributed by atoms with van der Waals surface area (Å²) >= 11 is 7.82. The summed E-state index contributed by atoms with van der Waals surface area (Å²) in [5.74, 6) is 0. The molecule has 1 heterocycles. The first kappa shape index (κ1) is 12.0. The summed E-state index contributed by atoms with van der Waals surface area (Å²) in [4.78, 5) is 1.45. The van der Waals surface area contributed by atoms with Crippen molar-refractivity contribution in [2.24, 2.45) is 5.41 Å². The van der Waals surface area contributed by atoms with Gasteiger partial charge < -0.3 is 10.4 Å². The van der Waals surface area contributed by atoms with Crippen molar-refractivity contribution in [3.63, 3.8) is 0 Å². The molecule has 1 unspecified atom stereocenters. The maximum absolute atomic E-state index is 9.33. The van der Waals surface area contributed by atoms with Gasteiger partial charge in [0.15, 0.2) is 0 Å². The molecule has 0 amide bonds. The maximum atomic E-state index is 9.33. The third-order valence-electron chi connectivity index (χ3n) is 4.10. The maximum Gasteiger partial charge on any atom is 0.0934 e. The first-order valence-electron chi connectivity index (χ1n) is 6.35. The fraction of sp³-hybridized carbons (Fsp3) is 0.692. The van der Waals surface area contributed by atoms with Crippen LogP contribution in [0.15, 0.2) is 6.07 Å². The van der Waals surface area contributed by atoms with Crippen molar-refractivity contribution in [2.75, 3.05) is 13.2 Å². The summed E-state index contributed by atoms with van der Waals surface area (Å²) in [6, 6.07) is 2.57. The molecule has 1 fully saturated rings. The van der Waals surface area contributed by atoms with Crippen LogP contribution in [0.3, 0.4) is 0 Å². The van der Waals surface area contributed by atoms with E-state index in [0.29, 0.717) is 12.6 Å². The Labute approximate surface area is 111 Å². The lowest BCUT2D eigenvalue weighted by Gasteiger charge is -2.25. The standard InChI is InChI=1S/C13H18ClNOS/c14-12-6-9-10(2-1-3-11(9)17-12)15-7-13(8-16)4-5-13/h6,10,15-16H,1-5,7-8H2. The second kappa shape index (κ2) is 4.54. The number of nitrogens with one attached hydrogen (secondary N) is 1. The van der Waals surface area contributed by atoms with Gasteiger partial charge in [-0.3, -0.25) is 0 Å². The molecule has 3 rings (SSSR count). The predicted octanol–water partition coefficient (Wildman–Crippen LogP) is 3.14. The van der Waals surface area contributed by atoms with Crippen molar-refractivity contribution in [3.8, 4) is 0 Å². The highest BCUT2D eigenvalue weighted by molar-refractivity contribution is 7.16. The van der Waals surface area contributed by atoms with E-state index in [1.54, 1.807) is 11.3 Å². The van der Waals surface area contributed by atoms with Gasteiger partial charge in [-0.05, 0) is 43.7 Å². The van der Waals surface area contributed by atoms with Crippen LogP contribution in [0.5, 0.6) is 0 Å². The van der Waals surface area contributed by atoms with Gasteiger partial charge in [-0.2, -0.15) is 0 Å². The van der Waals surface area contributed by atoms with Crippen LogP contribution < -0.4 is 5.32 Å². The number of aliphatic hydroxyl groups is 1. The molecule has 2 aliphatic carbocycles. The summed E-state index contributed by atoms with van der Waals surface area (Å²) in [6.07, 6.45) is 5.95. The van der Waals surface area contributed by atoms with Gasteiger partial charge in [0.2, 0.25) is 0 Å². The van der Waals surface area contributed by atoms with E-state index in [1.165, 1.54) is 42.5 Å². The van der Waals surface area contributed by atoms with Gasteiger partial charge in [-0.1, -0.05) is 11.6 Å².